The van der Waals surface area contributed by atoms with Gasteiger partial charge in [-0.2, -0.15) is 0 Å². The zero-order valence-electron chi connectivity index (χ0n) is 31.6. The molecule has 0 saturated carbocycles. The lowest BCUT2D eigenvalue weighted by Gasteiger charge is -2.26. The topological polar surface area (TPSA) is 26.3 Å². The largest absolute Gasteiger partial charge is 0.456 e. The van der Waals surface area contributed by atoms with Gasteiger partial charge in [0.1, 0.15) is 22.3 Å². The van der Waals surface area contributed by atoms with E-state index in [9.17, 15) is 0 Å². The van der Waals surface area contributed by atoms with Crippen molar-refractivity contribution in [2.45, 2.75) is 0 Å². The Morgan fingerprint density at radius 2 is 0.966 bits per heavy atom. The molecule has 2 heteroatoms. The fraction of sp³-hybridized carbons (Fsp3) is 0.0357. The Labute approximate surface area is 336 Å². The summed E-state index contributed by atoms with van der Waals surface area (Å²) in [7, 11) is 0. The number of hydrogen-bond donors (Lipinski definition) is 0. The molecule has 2 atom stereocenters. The number of furan rings is 2. The number of benzene rings is 8. The summed E-state index contributed by atoms with van der Waals surface area (Å²) < 4.78 is 13.2. The Bertz CT molecular complexity index is 3390. The van der Waals surface area contributed by atoms with Crippen LogP contribution in [0.1, 0.15) is 11.1 Å². The molecule has 0 bridgehead atoms. The van der Waals surface area contributed by atoms with Crippen LogP contribution in [0.5, 0.6) is 0 Å². The molecule has 2 nitrogen and oxygen atoms in total. The maximum Gasteiger partial charge on any atom is 0.143 e. The maximum absolute atomic E-state index is 6.83. The standard InChI is InChI=1S/C56H36O2/c1-3-12-35(13-4-1)37-22-23-39-29-40(25-24-38(39)28-37)42-30-43(32-44(31-42)45-19-11-21-53-55(45)49-18-9-10-20-52(49)57-53)41-26-27-47-51-34-50(36-14-5-2-6-15-36)46-16-7-8-17-48(46)56(51)58-54(47)33-41/h1-34,38-39H. The lowest BCUT2D eigenvalue weighted by Crippen LogP contribution is -2.13. The molecular formula is C56H36O2. The van der Waals surface area contributed by atoms with Crippen molar-refractivity contribution in [1.82, 2.24) is 0 Å². The number of rotatable bonds is 5. The van der Waals surface area contributed by atoms with E-state index in [1.165, 1.54) is 38.8 Å². The van der Waals surface area contributed by atoms with Crippen LogP contribution in [0.2, 0.25) is 0 Å². The van der Waals surface area contributed by atoms with Crippen LogP contribution in [0.25, 0.3) is 99.2 Å². The summed E-state index contributed by atoms with van der Waals surface area (Å²) in [5.74, 6) is 0.593. The van der Waals surface area contributed by atoms with E-state index in [4.69, 9.17) is 8.83 Å². The highest BCUT2D eigenvalue weighted by molar-refractivity contribution is 6.19. The van der Waals surface area contributed by atoms with Crippen LogP contribution in [0.15, 0.2) is 215 Å². The van der Waals surface area contributed by atoms with Crippen molar-refractivity contribution < 1.29 is 8.83 Å². The molecule has 0 amide bonds. The number of hydrogen-bond acceptors (Lipinski definition) is 2. The molecule has 58 heavy (non-hydrogen) atoms. The molecule has 10 aromatic rings. The van der Waals surface area contributed by atoms with Crippen LogP contribution in [-0.4, -0.2) is 0 Å². The predicted octanol–water partition coefficient (Wildman–Crippen LogP) is 15.5. The van der Waals surface area contributed by atoms with E-state index in [0.29, 0.717) is 5.92 Å². The van der Waals surface area contributed by atoms with E-state index >= 15 is 0 Å². The van der Waals surface area contributed by atoms with Gasteiger partial charge in [0.05, 0.1) is 0 Å². The van der Waals surface area contributed by atoms with Crippen LogP contribution < -0.4 is 0 Å². The zero-order chi connectivity index (χ0) is 38.2. The Kier molecular flexibility index (Phi) is 7.39. The van der Waals surface area contributed by atoms with E-state index in [2.05, 4.69) is 200 Å². The molecule has 12 rings (SSSR count). The molecule has 0 radical (unpaired) electrons. The van der Waals surface area contributed by atoms with Crippen molar-refractivity contribution in [3.05, 3.63) is 217 Å². The minimum absolute atomic E-state index is 0.281. The lowest BCUT2D eigenvalue weighted by molar-refractivity contribution is 0.665. The van der Waals surface area contributed by atoms with E-state index in [1.807, 2.05) is 6.07 Å². The van der Waals surface area contributed by atoms with Gasteiger partial charge in [-0.1, -0.05) is 158 Å². The van der Waals surface area contributed by atoms with Gasteiger partial charge in [-0.15, -0.1) is 0 Å². The molecule has 2 aliphatic carbocycles. The Hall–Kier alpha value is -7.42. The molecule has 2 unspecified atom stereocenters. The van der Waals surface area contributed by atoms with Gasteiger partial charge >= 0.3 is 0 Å². The summed E-state index contributed by atoms with van der Waals surface area (Å²) in [6, 6.07) is 60.7. The van der Waals surface area contributed by atoms with Crippen molar-refractivity contribution in [2.24, 2.45) is 11.8 Å². The first-order chi connectivity index (χ1) is 28.7. The Morgan fingerprint density at radius 1 is 0.328 bits per heavy atom. The summed E-state index contributed by atoms with van der Waals surface area (Å²) in [4.78, 5) is 0. The fourth-order valence-electron chi connectivity index (χ4n) is 9.33. The highest BCUT2D eigenvalue weighted by atomic mass is 16.3. The molecule has 0 saturated heterocycles. The van der Waals surface area contributed by atoms with Crippen molar-refractivity contribution in [3.8, 4) is 33.4 Å². The Morgan fingerprint density at radius 3 is 1.76 bits per heavy atom. The van der Waals surface area contributed by atoms with Gasteiger partial charge in [-0.25, -0.2) is 0 Å². The smallest absolute Gasteiger partial charge is 0.143 e. The van der Waals surface area contributed by atoms with Gasteiger partial charge in [0.2, 0.25) is 0 Å². The molecule has 0 N–H and O–H groups in total. The SMILES string of the molecule is C1=CC2C=C(c3cc(-c4ccc5c(c4)oc4c6ccccc6c(-c6ccccc6)cc54)cc(-c4cccc5oc6ccccc6c45)c3)C=CC2C=C1c1ccccc1. The van der Waals surface area contributed by atoms with Crippen LogP contribution in [0.4, 0.5) is 0 Å². The average Bonchev–Trinajstić information content (AvgIpc) is 3.87. The molecule has 0 aliphatic heterocycles. The van der Waals surface area contributed by atoms with Gasteiger partial charge in [-0.3, -0.25) is 0 Å². The van der Waals surface area contributed by atoms with Crippen molar-refractivity contribution in [3.63, 3.8) is 0 Å². The quantitative estimate of drug-likeness (QED) is 0.176. The Balaban J connectivity index is 1.02. The van der Waals surface area contributed by atoms with E-state index < -0.39 is 0 Å². The summed E-state index contributed by atoms with van der Waals surface area (Å²) >= 11 is 0. The van der Waals surface area contributed by atoms with Gasteiger partial charge in [-0.05, 0) is 110 Å². The predicted molar refractivity (Wildman–Crippen MR) is 242 cm³/mol. The van der Waals surface area contributed by atoms with E-state index in [1.54, 1.807) is 0 Å². The molecule has 2 aromatic heterocycles. The van der Waals surface area contributed by atoms with Crippen molar-refractivity contribution in [1.29, 1.82) is 0 Å². The summed E-state index contributed by atoms with van der Waals surface area (Å²) in [6.07, 6.45) is 14.2. The molecule has 8 aromatic carbocycles. The second-order valence-corrected chi connectivity index (χ2v) is 15.6. The van der Waals surface area contributed by atoms with Crippen molar-refractivity contribution in [2.75, 3.05) is 0 Å². The van der Waals surface area contributed by atoms with Crippen LogP contribution >= 0.6 is 0 Å². The van der Waals surface area contributed by atoms with Gasteiger partial charge in [0.15, 0.2) is 0 Å². The minimum atomic E-state index is 0.281. The lowest BCUT2D eigenvalue weighted by atomic mass is 9.78. The molecule has 2 heterocycles. The highest BCUT2D eigenvalue weighted by Gasteiger charge is 2.23. The summed E-state index contributed by atoms with van der Waals surface area (Å²) in [6.45, 7) is 0. The first-order valence-corrected chi connectivity index (χ1v) is 20.1. The summed E-state index contributed by atoms with van der Waals surface area (Å²) in [5, 5.41) is 6.82. The maximum atomic E-state index is 6.83. The third-order valence-electron chi connectivity index (χ3n) is 12.2. The third kappa shape index (κ3) is 5.33. The number of fused-ring (bicyclic) bond motifs is 9. The minimum Gasteiger partial charge on any atom is -0.456 e. The second kappa shape index (κ2) is 13.1. The van der Waals surface area contributed by atoms with Gasteiger partial charge in [0, 0.05) is 38.8 Å². The molecule has 0 spiro atoms. The van der Waals surface area contributed by atoms with Crippen LogP contribution in [0, 0.1) is 11.8 Å². The highest BCUT2D eigenvalue weighted by Crippen LogP contribution is 2.44. The molecule has 0 fully saturated rings. The third-order valence-corrected chi connectivity index (χ3v) is 12.2. The van der Waals surface area contributed by atoms with E-state index in [-0.39, 0.29) is 5.92 Å². The monoisotopic (exact) mass is 740 g/mol. The first kappa shape index (κ1) is 32.8. The van der Waals surface area contributed by atoms with Gasteiger partial charge < -0.3 is 8.83 Å². The second-order valence-electron chi connectivity index (χ2n) is 15.6. The molecule has 2 aliphatic rings. The van der Waals surface area contributed by atoms with Crippen LogP contribution in [0.3, 0.4) is 0 Å². The van der Waals surface area contributed by atoms with Crippen molar-refractivity contribution >= 4 is 65.8 Å². The van der Waals surface area contributed by atoms with E-state index in [0.717, 1.165) is 71.5 Å². The average molecular weight is 741 g/mol. The molecule has 272 valence electrons. The van der Waals surface area contributed by atoms with Gasteiger partial charge in [0.25, 0.3) is 0 Å². The first-order valence-electron chi connectivity index (χ1n) is 20.1. The fourth-order valence-corrected chi connectivity index (χ4v) is 9.33. The molecular weight excluding hydrogens is 705 g/mol. The number of para-hydroxylation sites is 1. The normalized spacial score (nSPS) is 16.3. The summed E-state index contributed by atoms with van der Waals surface area (Å²) in [5.41, 5.74) is 15.5. The number of allylic oxidation sites excluding steroid dienone is 8. The zero-order valence-corrected chi connectivity index (χ0v) is 31.6. The van der Waals surface area contributed by atoms with Crippen LogP contribution in [-0.2, 0) is 0 Å².